The quantitative estimate of drug-likeness (QED) is 0.0658. The molecule has 0 N–H and O–H groups in total. The Labute approximate surface area is 682 Å². The predicted molar refractivity (Wildman–Crippen MR) is 406 cm³/mol. The number of aromatic nitrogens is 8. The van der Waals surface area contributed by atoms with E-state index in [1.807, 2.05) is 0 Å². The van der Waals surface area contributed by atoms with Gasteiger partial charge in [0.1, 0.15) is 46.0 Å². The van der Waals surface area contributed by atoms with Crippen molar-refractivity contribution in [3.8, 4) is 138 Å². The molecule has 8 bridgehead atoms. The van der Waals surface area contributed by atoms with Crippen LogP contribution in [0.3, 0.4) is 0 Å². The molecule has 15 aromatic rings. The SMILES string of the molecule is Fc1c(Oc2ccc(Cl)cc2)c(Oc2ccc(Cl)cc2)c(F)c2c1-c1nc-2nc2[n-]c(nc3nc(nc4[n-]c(n1)c1c(F)c(Oc5ccc(Cl)cc5)c(Oc5ccc(Cl)cc5)c(F)c41)-c1c(F)c(Oc4ccc(Cl)cc4)c(Oc4ccc(Cl)cc4)c(F)c1-3)c1c(F)c(Oc3ccc(Cl)cc3)c(Oc3ccc(Cl)cc3)c(F)c21.[Zn+2]. The first kappa shape index (κ1) is 75.8. The Bertz CT molecular complexity index is 5800. The molecule has 113 heavy (non-hydrogen) atoms. The molecule has 0 saturated carbocycles. The van der Waals surface area contributed by atoms with E-state index in [2.05, 4.69) is 39.9 Å². The van der Waals surface area contributed by atoms with Crippen LogP contribution in [0.25, 0.3) is 89.7 Å². The van der Waals surface area contributed by atoms with E-state index in [-0.39, 0.29) is 106 Å². The number of rotatable bonds is 16. The van der Waals surface area contributed by atoms with Crippen LogP contribution in [-0.2, 0) is 19.5 Å². The fourth-order valence-corrected chi connectivity index (χ4v) is 12.9. The van der Waals surface area contributed by atoms with Crippen molar-refractivity contribution in [1.82, 2.24) is 39.9 Å². The second-order valence-corrected chi connectivity index (χ2v) is 27.6. The third-order valence-electron chi connectivity index (χ3n) is 16.9. The molecule has 0 fully saturated rings. The van der Waals surface area contributed by atoms with Gasteiger partial charge in [-0.2, -0.15) is 0 Å². The molecule has 0 saturated heterocycles. The Hall–Kier alpha value is -11.2. The van der Waals surface area contributed by atoms with Gasteiger partial charge in [-0.1, -0.05) is 92.8 Å². The van der Waals surface area contributed by atoms with Crippen LogP contribution < -0.4 is 47.9 Å². The van der Waals surface area contributed by atoms with E-state index >= 15 is 35.1 Å². The van der Waals surface area contributed by atoms with E-state index in [1.165, 1.54) is 194 Å². The number of hydrogen-bond acceptors (Lipinski definition) is 14. The van der Waals surface area contributed by atoms with Gasteiger partial charge in [-0.3, -0.25) is 0 Å². The van der Waals surface area contributed by atoms with E-state index in [0.717, 1.165) is 0 Å². The smallest absolute Gasteiger partial charge is 0.450 e. The standard InChI is InChI=1S/C80H32Cl8F8N8O8.Zn/c81-33-1-17-41(18-2-33)105-65-57(89)49-50(58(90)66(65)106-42-19-3-34(82)4-20-42)74-97-73(49)101-75-51-52(60(92)68(108-44-23-7-36(84)8-24-44)67(59(51)91)107-43-21-5-35(83)6-22-43)77(98-75)103-79-55-56(64(96)72(112-48-31-15-40(88)16-32-48)71(63(55)95)111-47-29-13-39(87)14-30-47)80(100-79)104-78-54-53(76(99-78)102-74)61(93)69(109-45-25-9-37(85)10-26-45)70(62(54)94)110-46-27-11-38(86)12-28-46;/h1-32H;/q-2;+2. The zero-order chi connectivity index (χ0) is 77.7. The van der Waals surface area contributed by atoms with Crippen LogP contribution in [0.1, 0.15) is 0 Å². The van der Waals surface area contributed by atoms with Gasteiger partial charge < -0.3 is 67.8 Å². The van der Waals surface area contributed by atoms with Crippen LogP contribution in [0.15, 0.2) is 194 Å². The zero-order valence-electron chi connectivity index (χ0n) is 56.1. The molecule has 17 rings (SSSR count). The first-order valence-corrected chi connectivity index (χ1v) is 35.5. The van der Waals surface area contributed by atoms with Crippen molar-refractivity contribution in [3.05, 3.63) is 281 Å². The minimum Gasteiger partial charge on any atom is -0.450 e. The van der Waals surface area contributed by atoms with Crippen molar-refractivity contribution >= 4 is 137 Å². The molecule has 0 unspecified atom stereocenters. The summed E-state index contributed by atoms with van der Waals surface area (Å²) in [6.45, 7) is 0. The van der Waals surface area contributed by atoms with Crippen LogP contribution in [0.5, 0.6) is 92.0 Å². The number of benzene rings is 12. The zero-order valence-corrected chi connectivity index (χ0v) is 65.1. The summed E-state index contributed by atoms with van der Waals surface area (Å²) in [7, 11) is 0. The molecule has 33 heteroatoms. The first-order chi connectivity index (χ1) is 54.0. The van der Waals surface area contributed by atoms with Gasteiger partial charge in [-0.05, 0) is 194 Å². The van der Waals surface area contributed by atoms with Gasteiger partial charge in [-0.15, -0.1) is 0 Å². The summed E-state index contributed by atoms with van der Waals surface area (Å²) in [4.78, 5) is 36.5. The normalized spacial score (nSPS) is 11.5. The second kappa shape index (κ2) is 30.7. The molecule has 5 heterocycles. The fourth-order valence-electron chi connectivity index (χ4n) is 11.9. The van der Waals surface area contributed by atoms with Crippen molar-refractivity contribution in [2.75, 3.05) is 0 Å². The molecular weight excluding hydrogens is 1700 g/mol. The molecule has 0 amide bonds. The molecule has 2 aliphatic heterocycles. The number of halogens is 16. The van der Waals surface area contributed by atoms with E-state index in [1.54, 1.807) is 0 Å². The van der Waals surface area contributed by atoms with Crippen LogP contribution in [0, 0.1) is 46.5 Å². The van der Waals surface area contributed by atoms with Crippen molar-refractivity contribution < 1.29 is 92.5 Å². The molecule has 554 valence electrons. The summed E-state index contributed by atoms with van der Waals surface area (Å²) in [5.74, 6) is -26.2. The first-order valence-electron chi connectivity index (χ1n) is 32.4. The molecule has 0 spiro atoms. The van der Waals surface area contributed by atoms with Crippen molar-refractivity contribution in [2.45, 2.75) is 0 Å². The molecule has 0 radical (unpaired) electrons. The number of hydrogen-bond donors (Lipinski definition) is 0. The average molecular weight is 1730 g/mol. The van der Waals surface area contributed by atoms with E-state index in [0.29, 0.717) is 0 Å². The van der Waals surface area contributed by atoms with Gasteiger partial charge in [0.05, 0.1) is 45.6 Å². The van der Waals surface area contributed by atoms with Gasteiger partial charge >= 0.3 is 19.5 Å². The minimum absolute atomic E-state index is 0. The monoisotopic (exact) mass is 1730 g/mol. The Morgan fingerprint density at radius 1 is 0.195 bits per heavy atom. The van der Waals surface area contributed by atoms with Gasteiger partial charge in [0.2, 0.25) is 46.0 Å². The Balaban J connectivity index is 0.00000964. The van der Waals surface area contributed by atoms with Crippen LogP contribution in [0.2, 0.25) is 40.2 Å². The third-order valence-corrected chi connectivity index (χ3v) is 18.9. The Morgan fingerprint density at radius 3 is 0.469 bits per heavy atom. The van der Waals surface area contributed by atoms with Crippen LogP contribution >= 0.6 is 92.8 Å². The van der Waals surface area contributed by atoms with Gasteiger partial charge in [0, 0.05) is 84.3 Å². The van der Waals surface area contributed by atoms with Crippen LogP contribution in [0.4, 0.5) is 35.1 Å². The van der Waals surface area contributed by atoms with Gasteiger partial charge in [-0.25, -0.2) is 45.1 Å². The topological polar surface area (TPSA) is 179 Å². The molecule has 12 aromatic carbocycles. The summed E-state index contributed by atoms with van der Waals surface area (Å²) in [6.07, 6.45) is 0. The van der Waals surface area contributed by atoms with Gasteiger partial charge in [0.25, 0.3) is 0 Å². The van der Waals surface area contributed by atoms with Crippen molar-refractivity contribution in [3.63, 3.8) is 0 Å². The summed E-state index contributed by atoms with van der Waals surface area (Å²) < 4.78 is 200. The summed E-state index contributed by atoms with van der Waals surface area (Å²) in [6, 6.07) is 42.5. The Morgan fingerprint density at radius 2 is 0.327 bits per heavy atom. The summed E-state index contributed by atoms with van der Waals surface area (Å²) >= 11 is 50.2. The molecule has 3 aromatic heterocycles. The molecule has 0 aliphatic carbocycles. The second-order valence-electron chi connectivity index (χ2n) is 24.1. The molecule has 2 aliphatic rings. The number of fused-ring (bicyclic) bond motifs is 20. The third kappa shape index (κ3) is 14.5. The maximum atomic E-state index is 18.9. The van der Waals surface area contributed by atoms with Crippen molar-refractivity contribution in [2.24, 2.45) is 0 Å². The largest absolute Gasteiger partial charge is 2.00 e. The molecule has 0 atom stereocenters. The van der Waals surface area contributed by atoms with Crippen LogP contribution in [-0.4, -0.2) is 29.9 Å². The maximum absolute atomic E-state index is 18.9. The number of nitrogens with zero attached hydrogens (tertiary/aromatic N) is 8. The summed E-state index contributed by atoms with van der Waals surface area (Å²) in [5.41, 5.74) is -8.04. The van der Waals surface area contributed by atoms with Gasteiger partial charge in [0.15, 0.2) is 46.5 Å². The van der Waals surface area contributed by atoms with E-state index in [4.69, 9.17) is 131 Å². The van der Waals surface area contributed by atoms with E-state index in [9.17, 15) is 0 Å². The fraction of sp³-hybridized carbons (Fsp3) is 0. The Kier molecular flexibility index (Phi) is 20.6. The predicted octanol–water partition coefficient (Wildman–Crippen LogP) is 26.8. The van der Waals surface area contributed by atoms with Crippen molar-refractivity contribution in [1.29, 1.82) is 0 Å². The van der Waals surface area contributed by atoms with E-state index < -0.39 is 182 Å². The molecular formula is C80H32Cl8F8N8O8Zn. The maximum Gasteiger partial charge on any atom is 2.00 e. The number of ether oxygens (including phenoxy) is 8. The molecule has 16 nitrogen and oxygen atoms in total. The average Bonchev–Trinajstić information content (AvgIpc) is 1.12. The summed E-state index contributed by atoms with van der Waals surface area (Å²) in [5, 5.41) is -2.45. The minimum atomic E-state index is -1.57.